The molecule has 3 aromatic rings. The van der Waals surface area contributed by atoms with Gasteiger partial charge < -0.3 is 9.90 Å². The number of aliphatic imine (C=N–C) groups is 1. The molecule has 9 heteroatoms. The molecular weight excluding hydrogens is 376 g/mol. The number of aromatic amines is 1. The fourth-order valence-electron chi connectivity index (χ4n) is 2.88. The first kappa shape index (κ1) is 19.7. The number of nitro benzene ring substituents is 1. The summed E-state index contributed by atoms with van der Waals surface area (Å²) in [6.07, 6.45) is 1.57. The molecule has 0 saturated heterocycles. The third kappa shape index (κ3) is 4.29. The first-order valence-corrected chi connectivity index (χ1v) is 8.81. The van der Waals surface area contributed by atoms with Crippen molar-refractivity contribution in [1.29, 1.82) is 0 Å². The second-order valence-electron chi connectivity index (χ2n) is 6.21. The van der Waals surface area contributed by atoms with E-state index in [4.69, 9.17) is 0 Å². The molecule has 0 aliphatic rings. The van der Waals surface area contributed by atoms with Crippen molar-refractivity contribution >= 4 is 23.6 Å². The van der Waals surface area contributed by atoms with Crippen LogP contribution in [0.25, 0.3) is 5.69 Å². The van der Waals surface area contributed by atoms with Crippen LogP contribution in [0.15, 0.2) is 58.3 Å². The number of nitro groups is 1. The zero-order valence-corrected chi connectivity index (χ0v) is 15.5. The van der Waals surface area contributed by atoms with E-state index in [9.17, 15) is 24.8 Å². The summed E-state index contributed by atoms with van der Waals surface area (Å²) in [7, 11) is 0. The lowest BCUT2D eigenvalue weighted by Gasteiger charge is -2.03. The number of aromatic nitrogens is 2. The molecule has 0 spiro atoms. The molecular formula is C20H17N4O5-. The van der Waals surface area contributed by atoms with E-state index >= 15 is 0 Å². The van der Waals surface area contributed by atoms with E-state index in [1.54, 1.807) is 6.07 Å². The van der Waals surface area contributed by atoms with Gasteiger partial charge in [0.1, 0.15) is 0 Å². The number of nitrogens with one attached hydrogen (secondary N) is 1. The molecule has 0 aliphatic carbocycles. The summed E-state index contributed by atoms with van der Waals surface area (Å²) in [4.78, 5) is 38.6. The Labute approximate surface area is 165 Å². The maximum Gasteiger partial charge on any atom is 0.280 e. The lowest BCUT2D eigenvalue weighted by atomic mass is 10.1. The second-order valence-corrected chi connectivity index (χ2v) is 6.21. The van der Waals surface area contributed by atoms with E-state index in [0.717, 1.165) is 16.7 Å². The van der Waals surface area contributed by atoms with Crippen LogP contribution in [0.2, 0.25) is 0 Å². The van der Waals surface area contributed by atoms with Crippen LogP contribution >= 0.6 is 0 Å². The Hall–Kier alpha value is -4.01. The zero-order valence-electron chi connectivity index (χ0n) is 15.5. The highest BCUT2D eigenvalue weighted by Crippen LogP contribution is 2.19. The number of carboxylic acids is 1. The highest BCUT2D eigenvalue weighted by atomic mass is 16.6. The molecule has 0 atom stereocenters. The Morgan fingerprint density at radius 2 is 1.90 bits per heavy atom. The van der Waals surface area contributed by atoms with Crippen LogP contribution in [0.1, 0.15) is 23.7 Å². The van der Waals surface area contributed by atoms with Crippen molar-refractivity contribution in [2.75, 3.05) is 0 Å². The van der Waals surface area contributed by atoms with Crippen molar-refractivity contribution < 1.29 is 14.8 Å². The van der Waals surface area contributed by atoms with E-state index in [1.807, 2.05) is 25.1 Å². The summed E-state index contributed by atoms with van der Waals surface area (Å²) >= 11 is 0. The molecule has 0 bridgehead atoms. The number of aliphatic carboxylic acids is 1. The molecule has 29 heavy (non-hydrogen) atoms. The molecule has 1 aromatic heterocycles. The standard InChI is InChI=1S/C20H18N4O5/c1-2-13-5-3-4-6-17(13)21-12-16-18(11-19(25)26)22-23(20(16)27)14-7-9-15(10-8-14)24(28)29/h3-10,12,22H,2,11H2,1H3,(H,25,26)/p-1. The van der Waals surface area contributed by atoms with Crippen LogP contribution in [0.3, 0.4) is 0 Å². The van der Waals surface area contributed by atoms with Crippen LogP contribution in [-0.4, -0.2) is 26.9 Å². The first-order valence-electron chi connectivity index (χ1n) is 8.81. The van der Waals surface area contributed by atoms with Crippen molar-refractivity contribution in [3.63, 3.8) is 0 Å². The van der Waals surface area contributed by atoms with Crippen LogP contribution in [0, 0.1) is 10.1 Å². The smallest absolute Gasteiger partial charge is 0.280 e. The molecule has 0 unspecified atom stereocenters. The lowest BCUT2D eigenvalue weighted by molar-refractivity contribution is -0.384. The monoisotopic (exact) mass is 393 g/mol. The summed E-state index contributed by atoms with van der Waals surface area (Å²) in [5.41, 5.74) is 1.56. The Morgan fingerprint density at radius 3 is 2.52 bits per heavy atom. The van der Waals surface area contributed by atoms with Gasteiger partial charge in [-0.05, 0) is 30.2 Å². The Kier molecular flexibility index (Phi) is 5.68. The highest BCUT2D eigenvalue weighted by Gasteiger charge is 2.15. The highest BCUT2D eigenvalue weighted by molar-refractivity contribution is 5.85. The average molecular weight is 393 g/mol. The molecule has 1 heterocycles. The van der Waals surface area contributed by atoms with E-state index in [2.05, 4.69) is 10.1 Å². The molecule has 9 nitrogen and oxygen atoms in total. The van der Waals surface area contributed by atoms with Gasteiger partial charge in [0, 0.05) is 30.7 Å². The number of para-hydroxylation sites is 1. The predicted molar refractivity (Wildman–Crippen MR) is 105 cm³/mol. The number of rotatable bonds is 7. The van der Waals surface area contributed by atoms with Crippen molar-refractivity contribution in [2.45, 2.75) is 19.8 Å². The first-order chi connectivity index (χ1) is 13.9. The third-order valence-corrected chi connectivity index (χ3v) is 4.35. The van der Waals surface area contributed by atoms with Gasteiger partial charge in [-0.1, -0.05) is 25.1 Å². The average Bonchev–Trinajstić information content (AvgIpc) is 3.01. The van der Waals surface area contributed by atoms with Gasteiger partial charge in [-0.2, -0.15) is 0 Å². The van der Waals surface area contributed by atoms with Gasteiger partial charge >= 0.3 is 0 Å². The quantitative estimate of drug-likeness (QED) is 0.370. The summed E-state index contributed by atoms with van der Waals surface area (Å²) in [5.74, 6) is -1.36. The molecule has 3 rings (SSSR count). The summed E-state index contributed by atoms with van der Waals surface area (Å²) < 4.78 is 1.12. The zero-order chi connectivity index (χ0) is 21.0. The lowest BCUT2D eigenvalue weighted by Crippen LogP contribution is -2.25. The van der Waals surface area contributed by atoms with Crippen molar-refractivity contribution in [3.05, 3.63) is 85.8 Å². The van der Waals surface area contributed by atoms with Gasteiger partial charge in [0.2, 0.25) is 0 Å². The third-order valence-electron chi connectivity index (χ3n) is 4.35. The molecule has 0 amide bonds. The molecule has 2 aromatic carbocycles. The number of carbonyl (C=O) groups is 1. The SMILES string of the molecule is CCc1ccccc1N=Cc1c(CC(=O)[O-])[nH]n(-c2ccc([N+](=O)[O-])cc2)c1=O. The van der Waals surface area contributed by atoms with Gasteiger partial charge in [0.05, 0.1) is 27.6 Å². The number of hydrogen-bond acceptors (Lipinski definition) is 6. The number of benzene rings is 2. The number of non-ortho nitro benzene ring substituents is 1. The van der Waals surface area contributed by atoms with E-state index in [-0.39, 0.29) is 16.9 Å². The summed E-state index contributed by atoms with van der Waals surface area (Å²) in [6, 6.07) is 12.7. The fraction of sp³-hybridized carbons (Fsp3) is 0.150. The summed E-state index contributed by atoms with van der Waals surface area (Å²) in [5, 5.41) is 24.7. The van der Waals surface area contributed by atoms with Crippen LogP contribution in [-0.2, 0) is 17.6 Å². The van der Waals surface area contributed by atoms with Crippen LogP contribution < -0.4 is 10.7 Å². The van der Waals surface area contributed by atoms with Crippen LogP contribution in [0.5, 0.6) is 0 Å². The van der Waals surface area contributed by atoms with E-state index < -0.39 is 22.9 Å². The van der Waals surface area contributed by atoms with Gasteiger partial charge in [0.15, 0.2) is 0 Å². The Bertz CT molecular complexity index is 1140. The maximum absolute atomic E-state index is 12.9. The number of hydrogen-bond donors (Lipinski definition) is 1. The number of H-pyrrole nitrogens is 1. The largest absolute Gasteiger partial charge is 0.550 e. The van der Waals surface area contributed by atoms with Crippen molar-refractivity contribution in [3.8, 4) is 5.69 Å². The molecule has 148 valence electrons. The Balaban J connectivity index is 2.06. The minimum absolute atomic E-state index is 0.0819. The van der Waals surface area contributed by atoms with Crippen molar-refractivity contribution in [2.24, 2.45) is 4.99 Å². The number of aryl methyl sites for hydroxylation is 1. The van der Waals surface area contributed by atoms with Gasteiger partial charge in [-0.3, -0.25) is 25.0 Å². The number of nitrogens with zero attached hydrogens (tertiary/aromatic N) is 3. The maximum atomic E-state index is 12.9. The molecule has 0 radical (unpaired) electrons. The minimum atomic E-state index is -1.36. The number of carbonyl (C=O) groups excluding carboxylic acids is 1. The van der Waals surface area contributed by atoms with Gasteiger partial charge in [0.25, 0.3) is 11.2 Å². The minimum Gasteiger partial charge on any atom is -0.550 e. The molecule has 0 saturated carbocycles. The number of carboxylic acid groups (broad SMARTS) is 1. The van der Waals surface area contributed by atoms with E-state index in [1.165, 1.54) is 30.5 Å². The second kappa shape index (κ2) is 8.34. The fourth-order valence-corrected chi connectivity index (χ4v) is 2.88. The predicted octanol–water partition coefficient (Wildman–Crippen LogP) is 1.68. The van der Waals surface area contributed by atoms with E-state index in [0.29, 0.717) is 11.4 Å². The normalized spacial score (nSPS) is 11.1. The topological polar surface area (TPSA) is 133 Å². The Morgan fingerprint density at radius 1 is 1.21 bits per heavy atom. The summed E-state index contributed by atoms with van der Waals surface area (Å²) in [6.45, 7) is 1.98. The van der Waals surface area contributed by atoms with Crippen molar-refractivity contribution in [1.82, 2.24) is 9.78 Å². The molecule has 0 fully saturated rings. The van der Waals surface area contributed by atoms with Gasteiger partial charge in [-0.25, -0.2) is 4.68 Å². The van der Waals surface area contributed by atoms with Crippen LogP contribution in [0.4, 0.5) is 11.4 Å². The molecule has 1 N–H and O–H groups in total. The van der Waals surface area contributed by atoms with Gasteiger partial charge in [-0.15, -0.1) is 0 Å². The molecule has 0 aliphatic heterocycles.